The minimum absolute atomic E-state index is 0.0562. The highest BCUT2D eigenvalue weighted by atomic mass is 16.5. The van der Waals surface area contributed by atoms with Crippen molar-refractivity contribution in [2.24, 2.45) is 0 Å². The third kappa shape index (κ3) is 4.07. The second kappa shape index (κ2) is 7.91. The number of anilines is 1. The third-order valence-electron chi connectivity index (χ3n) is 5.32. The highest BCUT2D eigenvalue weighted by molar-refractivity contribution is 6.67. The number of carboxylic acids is 1. The van der Waals surface area contributed by atoms with Gasteiger partial charge in [-0.2, -0.15) is 9.97 Å². The van der Waals surface area contributed by atoms with Gasteiger partial charge >= 0.3 is 12.0 Å². The van der Waals surface area contributed by atoms with Gasteiger partial charge in [-0.3, -0.25) is 4.90 Å². The van der Waals surface area contributed by atoms with Crippen LogP contribution in [0.15, 0.2) is 6.07 Å². The number of nitriles is 1. The first-order valence-electron chi connectivity index (χ1n) is 9.11. The van der Waals surface area contributed by atoms with Crippen molar-refractivity contribution in [2.45, 2.75) is 44.6 Å². The monoisotopic (exact) mass is 357 g/mol. The van der Waals surface area contributed by atoms with Crippen LogP contribution >= 0.6 is 0 Å². The summed E-state index contributed by atoms with van der Waals surface area (Å²) in [5.41, 5.74) is -0.0700. The molecule has 3 heterocycles. The van der Waals surface area contributed by atoms with Gasteiger partial charge in [0, 0.05) is 31.2 Å². The van der Waals surface area contributed by atoms with Gasteiger partial charge < -0.3 is 14.7 Å². The van der Waals surface area contributed by atoms with E-state index in [1.165, 1.54) is 6.07 Å². The fourth-order valence-corrected chi connectivity index (χ4v) is 3.75. The lowest BCUT2D eigenvalue weighted by Gasteiger charge is -2.30. The number of rotatable bonds is 5. The summed E-state index contributed by atoms with van der Waals surface area (Å²) in [6.07, 6.45) is 3.56. The molecule has 0 aromatic carbocycles. The Morgan fingerprint density at radius 2 is 2.15 bits per heavy atom. The molecule has 1 aromatic rings. The normalized spacial score (nSPS) is 22.1. The van der Waals surface area contributed by atoms with Crippen LogP contribution in [-0.4, -0.2) is 71.5 Å². The summed E-state index contributed by atoms with van der Waals surface area (Å²) in [6.45, 7) is 4.42. The number of likely N-dealkylation sites (tertiary alicyclic amines) is 1. The van der Waals surface area contributed by atoms with Crippen molar-refractivity contribution in [3.05, 3.63) is 11.8 Å². The molecule has 1 aromatic heterocycles. The summed E-state index contributed by atoms with van der Waals surface area (Å²) in [5.74, 6) is 1.75. The molecule has 138 valence electrons. The van der Waals surface area contributed by atoms with E-state index in [2.05, 4.69) is 27.9 Å². The van der Waals surface area contributed by atoms with Crippen LogP contribution in [0.5, 0.6) is 6.01 Å². The minimum atomic E-state index is -1.10. The first kappa shape index (κ1) is 18.5. The maximum atomic E-state index is 11.5. The van der Waals surface area contributed by atoms with E-state index >= 15 is 0 Å². The predicted molar refractivity (Wildman–Crippen MR) is 97.9 cm³/mol. The highest BCUT2D eigenvalue weighted by Gasteiger charge is 2.29. The summed E-state index contributed by atoms with van der Waals surface area (Å²) in [5, 5.41) is 18.4. The number of hydrogen-bond acceptors (Lipinski definition) is 7. The van der Waals surface area contributed by atoms with Gasteiger partial charge in [0.05, 0.1) is 0 Å². The molecule has 2 aliphatic heterocycles. The van der Waals surface area contributed by atoms with Crippen LogP contribution in [0.25, 0.3) is 0 Å². The van der Waals surface area contributed by atoms with Gasteiger partial charge in [0.25, 0.3) is 6.71 Å². The van der Waals surface area contributed by atoms with Gasteiger partial charge in [0.15, 0.2) is 5.69 Å². The topological polar surface area (TPSA) is 103 Å². The van der Waals surface area contributed by atoms with E-state index in [-0.39, 0.29) is 30.6 Å². The van der Waals surface area contributed by atoms with E-state index in [1.54, 1.807) is 0 Å². The largest absolute Gasteiger partial charge is 0.477 e. The molecule has 8 nitrogen and oxygen atoms in total. The van der Waals surface area contributed by atoms with E-state index < -0.39 is 5.97 Å². The zero-order chi connectivity index (χ0) is 18.7. The van der Waals surface area contributed by atoms with Crippen molar-refractivity contribution in [1.82, 2.24) is 14.9 Å². The average Bonchev–Trinajstić information content (AvgIpc) is 3.07. The summed E-state index contributed by atoms with van der Waals surface area (Å²) in [7, 11) is 2.07. The fourth-order valence-electron chi connectivity index (χ4n) is 3.75. The molecule has 0 radical (unpaired) electrons. The smallest absolute Gasteiger partial charge is 0.354 e. The number of aromatic carboxylic acids is 1. The number of hydrogen-bond donors (Lipinski definition) is 1. The average molecular weight is 357 g/mol. The molecule has 3 rings (SSSR count). The van der Waals surface area contributed by atoms with E-state index in [0.717, 1.165) is 32.0 Å². The Bertz CT molecular complexity index is 702. The number of carboxylic acid groups (broad SMARTS) is 1. The van der Waals surface area contributed by atoms with E-state index in [9.17, 15) is 9.90 Å². The fraction of sp³-hybridized carbons (Fsp3) is 0.647. The maximum absolute atomic E-state index is 11.5. The standard InChI is InChI=1S/C17H24BN5O3/c1-12(14-4-3-7-22(14)2)26-17-20-13(16(24)25)10-15(21-17)23-8-5-18(11-19)6-9-23/h10,12,14H,3-9H2,1-2H3,(H,24,25)/t12-,14?/m0/s1. The molecule has 2 saturated heterocycles. The van der Waals surface area contributed by atoms with Crippen molar-refractivity contribution in [3.8, 4) is 12.0 Å². The zero-order valence-corrected chi connectivity index (χ0v) is 15.3. The van der Waals surface area contributed by atoms with Gasteiger partial charge in [-0.05, 0) is 46.0 Å². The summed E-state index contributed by atoms with van der Waals surface area (Å²) in [4.78, 5) is 24.2. The lowest BCUT2D eigenvalue weighted by atomic mass is 9.45. The van der Waals surface area contributed by atoms with Crippen molar-refractivity contribution in [1.29, 1.82) is 5.26 Å². The Morgan fingerprint density at radius 1 is 1.42 bits per heavy atom. The molecule has 9 heteroatoms. The van der Waals surface area contributed by atoms with E-state index in [4.69, 9.17) is 10.00 Å². The van der Waals surface area contributed by atoms with Crippen molar-refractivity contribution < 1.29 is 14.6 Å². The van der Waals surface area contributed by atoms with Crippen molar-refractivity contribution in [3.63, 3.8) is 0 Å². The quantitative estimate of drug-likeness (QED) is 0.789. The maximum Gasteiger partial charge on any atom is 0.354 e. The minimum Gasteiger partial charge on any atom is -0.477 e. The Morgan fingerprint density at radius 3 is 2.73 bits per heavy atom. The highest BCUT2D eigenvalue weighted by Crippen LogP contribution is 2.24. The summed E-state index contributed by atoms with van der Waals surface area (Å²) < 4.78 is 5.93. The van der Waals surface area contributed by atoms with Crippen LogP contribution in [-0.2, 0) is 0 Å². The lowest BCUT2D eigenvalue weighted by Crippen LogP contribution is -2.39. The summed E-state index contributed by atoms with van der Waals surface area (Å²) >= 11 is 0. The molecule has 26 heavy (non-hydrogen) atoms. The molecule has 1 unspecified atom stereocenters. The van der Waals surface area contributed by atoms with Crippen LogP contribution < -0.4 is 9.64 Å². The number of carbonyl (C=O) groups is 1. The SMILES string of the molecule is C[C@H](Oc1nc(C(=O)O)cc(N2CCB(C#N)CC2)n1)C1CCCN1C. The molecule has 2 aliphatic rings. The summed E-state index contributed by atoms with van der Waals surface area (Å²) in [6, 6.07) is 1.87. The third-order valence-corrected chi connectivity index (χ3v) is 5.32. The molecule has 0 saturated carbocycles. The van der Waals surface area contributed by atoms with Crippen LogP contribution in [0.4, 0.5) is 5.82 Å². The first-order valence-corrected chi connectivity index (χ1v) is 9.11. The molecule has 0 amide bonds. The van der Waals surface area contributed by atoms with E-state index in [1.807, 2.05) is 11.8 Å². The van der Waals surface area contributed by atoms with E-state index in [0.29, 0.717) is 18.9 Å². The second-order valence-corrected chi connectivity index (χ2v) is 7.10. The van der Waals surface area contributed by atoms with Crippen LogP contribution in [0.3, 0.4) is 0 Å². The molecule has 0 spiro atoms. The number of aromatic nitrogens is 2. The molecule has 2 fully saturated rings. The van der Waals surface area contributed by atoms with Crippen molar-refractivity contribution >= 4 is 18.5 Å². The number of nitrogens with zero attached hydrogens (tertiary/aromatic N) is 5. The molecule has 1 N–H and O–H groups in total. The number of ether oxygens (including phenoxy) is 1. The van der Waals surface area contributed by atoms with Crippen LogP contribution in [0.1, 0.15) is 30.3 Å². The molecule has 0 bridgehead atoms. The van der Waals surface area contributed by atoms with Gasteiger partial charge in [0.1, 0.15) is 11.9 Å². The first-order chi connectivity index (χ1) is 12.5. The Hall–Kier alpha value is -2.34. The van der Waals surface area contributed by atoms with Gasteiger partial charge in [-0.15, -0.1) is 0 Å². The Kier molecular flexibility index (Phi) is 5.62. The zero-order valence-electron chi connectivity index (χ0n) is 15.3. The Balaban J connectivity index is 1.78. The molecule has 2 atom stereocenters. The molecular weight excluding hydrogens is 333 g/mol. The molecular formula is C17H24BN5O3. The van der Waals surface area contributed by atoms with Crippen LogP contribution in [0.2, 0.25) is 12.6 Å². The second-order valence-electron chi connectivity index (χ2n) is 7.10. The molecule has 0 aliphatic carbocycles. The number of likely N-dealkylation sites (N-methyl/N-ethyl adjacent to an activating group) is 1. The lowest BCUT2D eigenvalue weighted by molar-refractivity contribution is 0.0684. The van der Waals surface area contributed by atoms with Gasteiger partial charge in [-0.1, -0.05) is 0 Å². The van der Waals surface area contributed by atoms with Gasteiger partial charge in [0.2, 0.25) is 0 Å². The van der Waals surface area contributed by atoms with Gasteiger partial charge in [-0.25, -0.2) is 10.1 Å². The predicted octanol–water partition coefficient (Wildman–Crippen LogP) is 1.41. The Labute approximate surface area is 153 Å². The van der Waals surface area contributed by atoms with Crippen molar-refractivity contribution in [2.75, 3.05) is 31.6 Å². The van der Waals surface area contributed by atoms with Crippen LogP contribution in [0, 0.1) is 11.2 Å².